The Morgan fingerprint density at radius 2 is 2.12 bits per heavy atom. The molecule has 25 heavy (non-hydrogen) atoms. The quantitative estimate of drug-likeness (QED) is 0.899. The maximum absolute atomic E-state index is 13.4. The zero-order valence-corrected chi connectivity index (χ0v) is 13.6. The fourth-order valence-corrected chi connectivity index (χ4v) is 2.19. The summed E-state index contributed by atoms with van der Waals surface area (Å²) in [6, 6.07) is 3.38. The molecular formula is C16H16F3N5O. The molecular weight excluding hydrogens is 335 g/mol. The second-order valence-corrected chi connectivity index (χ2v) is 5.55. The maximum Gasteiger partial charge on any atom is 0.266 e. The van der Waals surface area contributed by atoms with Gasteiger partial charge in [-0.15, -0.1) is 5.10 Å². The number of nitrogens with one attached hydrogen (secondary N) is 1. The zero-order valence-electron chi connectivity index (χ0n) is 13.6. The lowest BCUT2D eigenvalue weighted by molar-refractivity contribution is 0.0280. The van der Waals surface area contributed by atoms with Gasteiger partial charge in [-0.1, -0.05) is 5.21 Å². The van der Waals surface area contributed by atoms with E-state index in [1.807, 2.05) is 13.8 Å². The molecule has 0 amide bonds. The number of rotatable bonds is 5. The summed E-state index contributed by atoms with van der Waals surface area (Å²) in [6.07, 6.45) is -0.174. The van der Waals surface area contributed by atoms with Gasteiger partial charge in [-0.05, 0) is 37.6 Å². The van der Waals surface area contributed by atoms with Crippen LogP contribution in [-0.2, 0) is 11.3 Å². The van der Waals surface area contributed by atoms with E-state index in [1.54, 1.807) is 6.21 Å². The number of allylic oxidation sites excluding steroid dienone is 2. The molecule has 3 rings (SSSR count). The highest BCUT2D eigenvalue weighted by Gasteiger charge is 2.16. The fourth-order valence-electron chi connectivity index (χ4n) is 2.19. The minimum absolute atomic E-state index is 0.129. The molecule has 0 saturated carbocycles. The molecule has 0 bridgehead atoms. The van der Waals surface area contributed by atoms with Crippen molar-refractivity contribution in [2.45, 2.75) is 33.2 Å². The number of hydrogen-bond acceptors (Lipinski definition) is 5. The van der Waals surface area contributed by atoms with Crippen molar-refractivity contribution < 1.29 is 17.9 Å². The summed E-state index contributed by atoms with van der Waals surface area (Å²) in [5, 5.41) is 10.9. The predicted molar refractivity (Wildman–Crippen MR) is 84.9 cm³/mol. The molecule has 1 atom stereocenters. The number of aromatic nitrogens is 3. The van der Waals surface area contributed by atoms with Crippen molar-refractivity contribution in [2.24, 2.45) is 4.99 Å². The van der Waals surface area contributed by atoms with Gasteiger partial charge in [0.1, 0.15) is 11.5 Å². The number of halogens is 3. The lowest BCUT2D eigenvalue weighted by Gasteiger charge is -2.20. The molecule has 0 fully saturated rings. The molecule has 2 heterocycles. The highest BCUT2D eigenvalue weighted by molar-refractivity contribution is 5.79. The van der Waals surface area contributed by atoms with E-state index in [2.05, 4.69) is 20.6 Å². The molecule has 0 aliphatic carbocycles. The van der Waals surface area contributed by atoms with Crippen LogP contribution in [0, 0.1) is 5.82 Å². The molecule has 132 valence electrons. The van der Waals surface area contributed by atoms with Crippen LogP contribution in [0.15, 0.2) is 40.7 Å². The molecule has 1 unspecified atom stereocenters. The van der Waals surface area contributed by atoms with Crippen LogP contribution >= 0.6 is 0 Å². The van der Waals surface area contributed by atoms with Crippen molar-refractivity contribution in [1.82, 2.24) is 20.3 Å². The summed E-state index contributed by atoms with van der Waals surface area (Å²) in [5.74, 6) is -0.956. The van der Waals surface area contributed by atoms with E-state index in [-0.39, 0.29) is 6.61 Å². The summed E-state index contributed by atoms with van der Waals surface area (Å²) in [5.41, 5.74) is 2.10. The number of nitrogens with zero attached hydrogens (tertiary/aromatic N) is 4. The first-order valence-corrected chi connectivity index (χ1v) is 7.52. The van der Waals surface area contributed by atoms with Gasteiger partial charge in [0.2, 0.25) is 6.35 Å². The Hall–Kier alpha value is -2.68. The van der Waals surface area contributed by atoms with Crippen LogP contribution in [-0.4, -0.2) is 27.6 Å². The van der Waals surface area contributed by atoms with Crippen molar-refractivity contribution >= 4 is 6.21 Å². The first-order valence-electron chi connectivity index (χ1n) is 7.52. The molecule has 0 saturated heterocycles. The van der Waals surface area contributed by atoms with E-state index < -0.39 is 24.2 Å². The third-order valence-electron chi connectivity index (χ3n) is 3.74. The van der Waals surface area contributed by atoms with Crippen molar-refractivity contribution in [3.8, 4) is 5.69 Å². The Morgan fingerprint density at radius 1 is 1.32 bits per heavy atom. The summed E-state index contributed by atoms with van der Waals surface area (Å²) in [6.45, 7) is 3.98. The van der Waals surface area contributed by atoms with Gasteiger partial charge in [0.15, 0.2) is 0 Å². The average Bonchev–Trinajstić information content (AvgIpc) is 3.05. The first-order chi connectivity index (χ1) is 11.9. The number of hydrogen-bond donors (Lipinski definition) is 1. The van der Waals surface area contributed by atoms with Crippen molar-refractivity contribution in [3.05, 3.63) is 52.7 Å². The molecule has 0 spiro atoms. The Kier molecular flexibility index (Phi) is 4.84. The second kappa shape index (κ2) is 7.06. The topological polar surface area (TPSA) is 64.3 Å². The molecule has 1 N–H and O–H groups in total. The molecule has 9 heteroatoms. The summed E-state index contributed by atoms with van der Waals surface area (Å²) in [7, 11) is 0. The van der Waals surface area contributed by atoms with E-state index >= 15 is 0 Å². The molecule has 0 radical (unpaired) electrons. The van der Waals surface area contributed by atoms with E-state index in [4.69, 9.17) is 4.74 Å². The normalized spacial score (nSPS) is 17.3. The molecule has 2 aromatic rings. The van der Waals surface area contributed by atoms with E-state index in [0.29, 0.717) is 11.4 Å². The number of ether oxygens (including phenoxy) is 1. The second-order valence-electron chi connectivity index (χ2n) is 5.55. The van der Waals surface area contributed by atoms with Crippen LogP contribution in [0.4, 0.5) is 13.2 Å². The minimum atomic E-state index is -2.90. The lowest BCUT2D eigenvalue weighted by Crippen LogP contribution is -2.32. The van der Waals surface area contributed by atoms with Gasteiger partial charge in [-0.25, -0.2) is 22.8 Å². The van der Waals surface area contributed by atoms with Gasteiger partial charge in [0.25, 0.3) is 6.43 Å². The van der Waals surface area contributed by atoms with Crippen LogP contribution in [0.5, 0.6) is 0 Å². The van der Waals surface area contributed by atoms with Crippen LogP contribution < -0.4 is 5.32 Å². The third kappa shape index (κ3) is 3.87. The summed E-state index contributed by atoms with van der Waals surface area (Å²) < 4.78 is 45.8. The highest BCUT2D eigenvalue weighted by Crippen LogP contribution is 2.24. The smallest absolute Gasteiger partial charge is 0.266 e. The predicted octanol–water partition coefficient (Wildman–Crippen LogP) is 3.11. The van der Waals surface area contributed by atoms with Crippen LogP contribution in [0.25, 0.3) is 5.69 Å². The van der Waals surface area contributed by atoms with Crippen molar-refractivity contribution in [3.63, 3.8) is 0 Å². The Bertz CT molecular complexity index is 831. The number of aliphatic imine (C=N–C) groups is 1. The standard InChI is InChI=1S/C16H16F3N5O/c1-9-6-20-16(21-10(9)2)25-8-11-7-24(23-22-11)12-3-4-14(17)13(5-12)15(18)19/h3-7,15-16,21H,8H2,1-2H3. The number of benzene rings is 1. The first kappa shape index (κ1) is 17.2. The molecule has 6 nitrogen and oxygen atoms in total. The van der Waals surface area contributed by atoms with Crippen LogP contribution in [0.2, 0.25) is 0 Å². The highest BCUT2D eigenvalue weighted by atomic mass is 19.3. The van der Waals surface area contributed by atoms with Gasteiger partial charge in [0.05, 0.1) is 24.1 Å². The van der Waals surface area contributed by atoms with Crippen molar-refractivity contribution in [2.75, 3.05) is 0 Å². The van der Waals surface area contributed by atoms with E-state index in [9.17, 15) is 13.2 Å². The summed E-state index contributed by atoms with van der Waals surface area (Å²) >= 11 is 0. The van der Waals surface area contributed by atoms with Crippen molar-refractivity contribution in [1.29, 1.82) is 0 Å². The fraction of sp³-hybridized carbons (Fsp3) is 0.312. The van der Waals surface area contributed by atoms with E-state index in [0.717, 1.165) is 23.4 Å². The molecule has 1 aromatic heterocycles. The van der Waals surface area contributed by atoms with Gasteiger partial charge < -0.3 is 10.1 Å². The SMILES string of the molecule is CC1=C(C)NC(OCc2cn(-c3ccc(F)c(C(F)F)c3)nn2)N=C1. The average molecular weight is 351 g/mol. The largest absolute Gasteiger partial charge is 0.345 e. The number of alkyl halides is 2. The Labute approximate surface area is 142 Å². The Morgan fingerprint density at radius 3 is 2.84 bits per heavy atom. The van der Waals surface area contributed by atoms with Gasteiger partial charge >= 0.3 is 0 Å². The van der Waals surface area contributed by atoms with Gasteiger partial charge in [-0.2, -0.15) is 0 Å². The Balaban J connectivity index is 1.67. The lowest BCUT2D eigenvalue weighted by atomic mass is 10.2. The van der Waals surface area contributed by atoms with Crippen LogP contribution in [0.3, 0.4) is 0 Å². The van der Waals surface area contributed by atoms with Gasteiger partial charge in [-0.3, -0.25) is 0 Å². The third-order valence-corrected chi connectivity index (χ3v) is 3.74. The molecule has 1 aromatic carbocycles. The van der Waals surface area contributed by atoms with Crippen LogP contribution in [0.1, 0.15) is 31.5 Å². The molecule has 1 aliphatic heterocycles. The maximum atomic E-state index is 13.4. The zero-order chi connectivity index (χ0) is 18.0. The minimum Gasteiger partial charge on any atom is -0.345 e. The monoisotopic (exact) mass is 351 g/mol. The van der Waals surface area contributed by atoms with E-state index in [1.165, 1.54) is 16.9 Å². The van der Waals surface area contributed by atoms with Gasteiger partial charge in [0, 0.05) is 11.9 Å². The molecule has 1 aliphatic rings. The summed E-state index contributed by atoms with van der Waals surface area (Å²) in [4.78, 5) is 4.19.